The van der Waals surface area contributed by atoms with Crippen LogP contribution < -0.4 is 11.1 Å². The standard InChI is InChI=1S/C18H28F2N2O3Si/c1-18(2,3)26(4,5)25-7-6-15(17(21)24)22-16(23)10-12-8-13(19)11-14(20)9-12/h8-9,11,15H,6-7,10H2,1-5H3,(H2,21,24)(H,22,23)/t15-/m0/s1. The Hall–Kier alpha value is -1.80. The molecule has 26 heavy (non-hydrogen) atoms. The summed E-state index contributed by atoms with van der Waals surface area (Å²) in [5.41, 5.74) is 5.53. The molecule has 0 aliphatic heterocycles. The normalized spacial score (nSPS) is 13.3. The third kappa shape index (κ3) is 6.84. The van der Waals surface area contributed by atoms with E-state index >= 15 is 0 Å². The Morgan fingerprint density at radius 3 is 2.19 bits per heavy atom. The Kier molecular flexibility index (Phi) is 7.46. The summed E-state index contributed by atoms with van der Waals surface area (Å²) >= 11 is 0. The molecule has 0 radical (unpaired) electrons. The predicted octanol–water partition coefficient (Wildman–Crippen LogP) is 2.89. The van der Waals surface area contributed by atoms with Gasteiger partial charge >= 0.3 is 0 Å². The lowest BCUT2D eigenvalue weighted by Crippen LogP contribution is -2.47. The molecule has 0 unspecified atom stereocenters. The van der Waals surface area contributed by atoms with Crippen molar-refractivity contribution >= 4 is 20.1 Å². The van der Waals surface area contributed by atoms with Gasteiger partial charge in [0, 0.05) is 12.7 Å². The molecule has 2 amide bonds. The van der Waals surface area contributed by atoms with E-state index in [0.29, 0.717) is 6.61 Å². The SMILES string of the molecule is CC(C)(C)[Si](C)(C)OCC[C@H](NC(=O)Cc1cc(F)cc(F)c1)C(N)=O. The monoisotopic (exact) mass is 386 g/mol. The van der Waals surface area contributed by atoms with E-state index in [1.807, 2.05) is 0 Å². The third-order valence-electron chi connectivity index (χ3n) is 4.64. The van der Waals surface area contributed by atoms with Crippen LogP contribution in [0, 0.1) is 11.6 Å². The molecule has 1 aromatic carbocycles. The van der Waals surface area contributed by atoms with Gasteiger partial charge in [0.1, 0.15) is 17.7 Å². The number of nitrogens with one attached hydrogen (secondary N) is 1. The second-order valence-corrected chi connectivity index (χ2v) is 12.7. The molecule has 0 spiro atoms. The minimum Gasteiger partial charge on any atom is -0.417 e. The van der Waals surface area contributed by atoms with Gasteiger partial charge in [-0.15, -0.1) is 0 Å². The number of primary amides is 1. The zero-order valence-corrected chi connectivity index (χ0v) is 17.0. The molecule has 1 rings (SSSR count). The summed E-state index contributed by atoms with van der Waals surface area (Å²) < 4.78 is 32.4. The second-order valence-electron chi connectivity index (χ2n) is 7.87. The first-order chi connectivity index (χ1) is 11.8. The third-order valence-corrected chi connectivity index (χ3v) is 9.18. The lowest BCUT2D eigenvalue weighted by Gasteiger charge is -2.36. The molecule has 8 heteroatoms. The number of amides is 2. The molecule has 5 nitrogen and oxygen atoms in total. The van der Waals surface area contributed by atoms with Crippen LogP contribution in [0.2, 0.25) is 18.1 Å². The lowest BCUT2D eigenvalue weighted by atomic mass is 10.1. The molecular weight excluding hydrogens is 358 g/mol. The molecular formula is C18H28F2N2O3Si. The molecule has 146 valence electrons. The van der Waals surface area contributed by atoms with Gasteiger partial charge in [0.15, 0.2) is 8.32 Å². The van der Waals surface area contributed by atoms with Crippen molar-refractivity contribution in [2.45, 2.75) is 57.8 Å². The Morgan fingerprint density at radius 2 is 1.73 bits per heavy atom. The van der Waals surface area contributed by atoms with Crippen LogP contribution in [-0.2, 0) is 20.4 Å². The first-order valence-electron chi connectivity index (χ1n) is 8.49. The van der Waals surface area contributed by atoms with E-state index in [0.717, 1.165) is 18.2 Å². The van der Waals surface area contributed by atoms with Crippen molar-refractivity contribution in [3.05, 3.63) is 35.4 Å². The highest BCUT2D eigenvalue weighted by Crippen LogP contribution is 2.36. The van der Waals surface area contributed by atoms with Crippen molar-refractivity contribution in [2.75, 3.05) is 6.61 Å². The van der Waals surface area contributed by atoms with Gasteiger partial charge in [-0.05, 0) is 42.2 Å². The predicted molar refractivity (Wildman–Crippen MR) is 99.0 cm³/mol. The lowest BCUT2D eigenvalue weighted by molar-refractivity contribution is -0.127. The maximum absolute atomic E-state index is 13.2. The minimum atomic E-state index is -1.97. The zero-order chi connectivity index (χ0) is 20.1. The van der Waals surface area contributed by atoms with Gasteiger partial charge in [-0.1, -0.05) is 20.8 Å². The molecule has 1 atom stereocenters. The van der Waals surface area contributed by atoms with Crippen LogP contribution in [0.3, 0.4) is 0 Å². The van der Waals surface area contributed by atoms with Gasteiger partial charge in [-0.2, -0.15) is 0 Å². The van der Waals surface area contributed by atoms with Crippen molar-refractivity contribution in [1.82, 2.24) is 5.32 Å². The van der Waals surface area contributed by atoms with Crippen LogP contribution in [0.15, 0.2) is 18.2 Å². The fourth-order valence-corrected chi connectivity index (χ4v) is 3.14. The van der Waals surface area contributed by atoms with E-state index < -0.39 is 37.8 Å². The number of carbonyl (C=O) groups excluding carboxylic acids is 2. The highest BCUT2D eigenvalue weighted by atomic mass is 28.4. The van der Waals surface area contributed by atoms with Gasteiger partial charge in [0.25, 0.3) is 0 Å². The molecule has 0 saturated carbocycles. The summed E-state index contributed by atoms with van der Waals surface area (Å²) in [6.45, 7) is 10.8. The van der Waals surface area contributed by atoms with Gasteiger partial charge in [-0.3, -0.25) is 9.59 Å². The number of nitrogens with two attached hydrogens (primary N) is 1. The van der Waals surface area contributed by atoms with E-state index in [-0.39, 0.29) is 23.4 Å². The zero-order valence-electron chi connectivity index (χ0n) is 16.0. The summed E-state index contributed by atoms with van der Waals surface area (Å²) in [5, 5.41) is 2.53. The molecule has 0 aliphatic rings. The van der Waals surface area contributed by atoms with Crippen LogP contribution in [0.25, 0.3) is 0 Å². The molecule has 3 N–H and O–H groups in total. The van der Waals surface area contributed by atoms with Crippen molar-refractivity contribution in [3.63, 3.8) is 0 Å². The Labute approximate surface area is 154 Å². The van der Waals surface area contributed by atoms with Crippen LogP contribution >= 0.6 is 0 Å². The van der Waals surface area contributed by atoms with Crippen LogP contribution in [0.5, 0.6) is 0 Å². The Bertz CT molecular complexity index is 640. The van der Waals surface area contributed by atoms with Crippen molar-refractivity contribution < 1.29 is 22.8 Å². The molecule has 0 bridgehead atoms. The molecule has 0 heterocycles. The van der Waals surface area contributed by atoms with E-state index in [1.165, 1.54) is 0 Å². The van der Waals surface area contributed by atoms with Crippen molar-refractivity contribution in [1.29, 1.82) is 0 Å². The minimum absolute atomic E-state index is 0.0277. The summed E-state index contributed by atoms with van der Waals surface area (Å²) in [7, 11) is -1.97. The Morgan fingerprint density at radius 1 is 1.19 bits per heavy atom. The highest BCUT2D eigenvalue weighted by Gasteiger charge is 2.37. The number of benzene rings is 1. The van der Waals surface area contributed by atoms with E-state index in [2.05, 4.69) is 39.2 Å². The van der Waals surface area contributed by atoms with Crippen LogP contribution in [-0.4, -0.2) is 32.8 Å². The molecule has 1 aromatic rings. The topological polar surface area (TPSA) is 81.4 Å². The van der Waals surface area contributed by atoms with E-state index in [4.69, 9.17) is 10.2 Å². The van der Waals surface area contributed by atoms with Gasteiger partial charge in [0.2, 0.25) is 11.8 Å². The number of rotatable bonds is 8. The van der Waals surface area contributed by atoms with Crippen LogP contribution in [0.4, 0.5) is 8.78 Å². The number of carbonyl (C=O) groups is 2. The van der Waals surface area contributed by atoms with Gasteiger partial charge < -0.3 is 15.5 Å². The average Bonchev–Trinajstić information content (AvgIpc) is 2.43. The second kappa shape index (κ2) is 8.72. The van der Waals surface area contributed by atoms with Gasteiger partial charge in [-0.25, -0.2) is 8.78 Å². The Balaban J connectivity index is 2.62. The quantitative estimate of drug-likeness (QED) is 0.674. The molecule has 0 aromatic heterocycles. The largest absolute Gasteiger partial charge is 0.417 e. The van der Waals surface area contributed by atoms with E-state index in [9.17, 15) is 18.4 Å². The number of hydrogen-bond donors (Lipinski definition) is 2. The molecule has 0 saturated heterocycles. The number of hydrogen-bond acceptors (Lipinski definition) is 3. The van der Waals surface area contributed by atoms with Crippen LogP contribution in [0.1, 0.15) is 32.8 Å². The molecule has 0 fully saturated rings. The average molecular weight is 387 g/mol. The summed E-state index contributed by atoms with van der Waals surface area (Å²) in [6, 6.07) is 1.97. The first-order valence-corrected chi connectivity index (χ1v) is 11.4. The fraction of sp³-hybridized carbons (Fsp3) is 0.556. The summed E-state index contributed by atoms with van der Waals surface area (Å²) in [4.78, 5) is 23.7. The fourth-order valence-electron chi connectivity index (χ4n) is 2.08. The molecule has 0 aliphatic carbocycles. The maximum Gasteiger partial charge on any atom is 0.240 e. The van der Waals surface area contributed by atoms with E-state index in [1.54, 1.807) is 0 Å². The van der Waals surface area contributed by atoms with Crippen molar-refractivity contribution in [3.8, 4) is 0 Å². The van der Waals surface area contributed by atoms with Crippen molar-refractivity contribution in [2.24, 2.45) is 5.73 Å². The highest BCUT2D eigenvalue weighted by molar-refractivity contribution is 6.74. The first kappa shape index (κ1) is 22.2. The summed E-state index contributed by atoms with van der Waals surface area (Å²) in [5.74, 6) is -2.74. The van der Waals surface area contributed by atoms with Gasteiger partial charge in [0.05, 0.1) is 6.42 Å². The number of halogens is 2. The smallest absolute Gasteiger partial charge is 0.240 e. The summed E-state index contributed by atoms with van der Waals surface area (Å²) in [6.07, 6.45) is -0.00730. The maximum atomic E-state index is 13.2.